The molecule has 1 aliphatic heterocycles. The molecule has 2 aromatic rings. The molecule has 9 nitrogen and oxygen atoms in total. The highest BCUT2D eigenvalue weighted by Crippen LogP contribution is 2.40. The summed E-state index contributed by atoms with van der Waals surface area (Å²) in [5.41, 5.74) is 1.39. The number of amides is 1. The normalized spacial score (nSPS) is 19.0. The summed E-state index contributed by atoms with van der Waals surface area (Å²) in [4.78, 5) is 37.4. The Morgan fingerprint density at radius 3 is 2.69 bits per heavy atom. The molecule has 170 valence electrons. The van der Waals surface area contributed by atoms with Gasteiger partial charge in [0.05, 0.1) is 24.6 Å². The molecule has 0 spiro atoms. The van der Waals surface area contributed by atoms with Gasteiger partial charge in [0, 0.05) is 13.1 Å². The number of carboxylic acids is 1. The molecule has 2 N–H and O–H groups in total. The van der Waals surface area contributed by atoms with E-state index in [0.717, 1.165) is 31.5 Å². The maximum atomic E-state index is 13.1. The molecule has 32 heavy (non-hydrogen) atoms. The summed E-state index contributed by atoms with van der Waals surface area (Å²) >= 11 is 0. The average Bonchev–Trinajstić information content (AvgIpc) is 2.81. The van der Waals surface area contributed by atoms with E-state index in [-0.39, 0.29) is 23.6 Å². The largest absolute Gasteiger partial charge is 0.495 e. The van der Waals surface area contributed by atoms with Gasteiger partial charge in [0.15, 0.2) is 5.82 Å². The topological polar surface area (TPSA) is 108 Å². The van der Waals surface area contributed by atoms with Gasteiger partial charge in [0.1, 0.15) is 17.5 Å². The minimum Gasteiger partial charge on any atom is -0.495 e. The zero-order valence-electron chi connectivity index (χ0n) is 18.7. The van der Waals surface area contributed by atoms with Crippen LogP contribution >= 0.6 is 0 Å². The summed E-state index contributed by atoms with van der Waals surface area (Å²) < 4.78 is 5.36. The number of carbonyl (C=O) groups excluding carboxylic acids is 1. The molecule has 0 bridgehead atoms. The first-order valence-electron chi connectivity index (χ1n) is 11.1. The molecule has 9 heteroatoms. The van der Waals surface area contributed by atoms with E-state index < -0.39 is 5.97 Å². The van der Waals surface area contributed by atoms with Gasteiger partial charge in [-0.15, -0.1) is 0 Å². The van der Waals surface area contributed by atoms with Gasteiger partial charge in [-0.05, 0) is 37.5 Å². The molecule has 4 rings (SSSR count). The molecule has 1 saturated carbocycles. The minimum absolute atomic E-state index is 0.0702. The zero-order valence-corrected chi connectivity index (χ0v) is 18.7. The smallest absolute Gasteiger partial charge is 0.335 e. The first kappa shape index (κ1) is 21.9. The van der Waals surface area contributed by atoms with Crippen molar-refractivity contribution < 1.29 is 19.4 Å². The number of anilines is 4. The van der Waals surface area contributed by atoms with Crippen LogP contribution in [0.5, 0.6) is 5.75 Å². The molecule has 1 aliphatic carbocycles. The second-order valence-corrected chi connectivity index (χ2v) is 8.27. The van der Waals surface area contributed by atoms with Gasteiger partial charge < -0.3 is 25.0 Å². The van der Waals surface area contributed by atoms with Crippen LogP contribution in [0.4, 0.5) is 23.1 Å². The van der Waals surface area contributed by atoms with Crippen molar-refractivity contribution in [2.24, 2.45) is 0 Å². The second-order valence-electron chi connectivity index (χ2n) is 8.27. The lowest BCUT2D eigenvalue weighted by Gasteiger charge is -2.45. The van der Waals surface area contributed by atoms with Crippen LogP contribution in [-0.2, 0) is 4.79 Å². The van der Waals surface area contributed by atoms with Crippen LogP contribution in [0.15, 0.2) is 24.4 Å². The number of nitrogens with zero attached hydrogens (tertiary/aromatic N) is 4. The Bertz CT molecular complexity index is 1020. The van der Waals surface area contributed by atoms with Crippen LogP contribution in [0.3, 0.4) is 0 Å². The van der Waals surface area contributed by atoms with Crippen molar-refractivity contribution in [1.29, 1.82) is 0 Å². The molecule has 1 aromatic carbocycles. The molecular weight excluding hydrogens is 410 g/mol. The molecule has 1 aromatic heterocycles. The lowest BCUT2D eigenvalue weighted by atomic mass is 9.91. The highest BCUT2D eigenvalue weighted by Gasteiger charge is 2.40. The molecule has 1 fully saturated rings. The lowest BCUT2D eigenvalue weighted by Crippen LogP contribution is -2.56. The van der Waals surface area contributed by atoms with E-state index >= 15 is 0 Å². The summed E-state index contributed by atoms with van der Waals surface area (Å²) in [7, 11) is 3.25. The third-order valence-electron chi connectivity index (χ3n) is 6.36. The highest BCUT2D eigenvalue weighted by atomic mass is 16.5. The molecule has 0 unspecified atom stereocenters. The van der Waals surface area contributed by atoms with Crippen molar-refractivity contribution in [3.8, 4) is 5.75 Å². The van der Waals surface area contributed by atoms with Gasteiger partial charge in [-0.3, -0.25) is 4.79 Å². The van der Waals surface area contributed by atoms with Crippen LogP contribution in [0.2, 0.25) is 0 Å². The van der Waals surface area contributed by atoms with Crippen molar-refractivity contribution in [3.63, 3.8) is 0 Å². The van der Waals surface area contributed by atoms with Gasteiger partial charge in [0.2, 0.25) is 11.9 Å². The first-order chi connectivity index (χ1) is 15.4. The van der Waals surface area contributed by atoms with E-state index in [2.05, 4.69) is 15.2 Å². The van der Waals surface area contributed by atoms with Crippen LogP contribution in [-0.4, -0.2) is 53.2 Å². The van der Waals surface area contributed by atoms with Crippen LogP contribution < -0.4 is 19.9 Å². The fourth-order valence-electron chi connectivity index (χ4n) is 4.67. The SMILES string of the molecule is CC[C@@H]1C(=O)N(C)c2cnc(Nc3ccc(C(=O)O)cc3OC)nc2N1C1CCCCC1. The summed E-state index contributed by atoms with van der Waals surface area (Å²) in [5, 5.41) is 12.4. The average molecular weight is 440 g/mol. The molecule has 1 atom stereocenters. The maximum absolute atomic E-state index is 13.1. The van der Waals surface area contributed by atoms with Crippen LogP contribution in [0, 0.1) is 0 Å². The Morgan fingerprint density at radius 1 is 1.28 bits per heavy atom. The standard InChI is InChI=1S/C23H29N5O4/c1-4-17-21(29)27(2)18-13-24-23(26-20(18)28(17)15-8-6-5-7-9-15)25-16-11-10-14(22(30)31)12-19(16)32-3/h10-13,15,17H,4-9H2,1-3H3,(H,30,31)(H,24,25,26)/t17-/m1/s1. The Morgan fingerprint density at radius 2 is 2.03 bits per heavy atom. The van der Waals surface area contributed by atoms with E-state index in [1.165, 1.54) is 25.7 Å². The summed E-state index contributed by atoms with van der Waals surface area (Å²) in [5.74, 6) is 0.546. The predicted molar refractivity (Wildman–Crippen MR) is 122 cm³/mol. The van der Waals surface area contributed by atoms with E-state index in [0.29, 0.717) is 29.5 Å². The number of ether oxygens (including phenoxy) is 1. The van der Waals surface area contributed by atoms with Crippen molar-refractivity contribution in [3.05, 3.63) is 30.0 Å². The number of fused-ring (bicyclic) bond motifs is 1. The van der Waals surface area contributed by atoms with Gasteiger partial charge in [-0.25, -0.2) is 9.78 Å². The third kappa shape index (κ3) is 3.94. The van der Waals surface area contributed by atoms with E-state index in [1.54, 1.807) is 24.2 Å². The number of carboxylic acid groups (broad SMARTS) is 1. The number of rotatable bonds is 6. The number of hydrogen-bond acceptors (Lipinski definition) is 7. The number of nitrogens with one attached hydrogen (secondary N) is 1. The van der Waals surface area contributed by atoms with Crippen molar-refractivity contribution in [2.75, 3.05) is 29.3 Å². The monoisotopic (exact) mass is 439 g/mol. The second kappa shape index (κ2) is 9.02. The number of aromatic carboxylic acids is 1. The number of likely N-dealkylation sites (N-methyl/N-ethyl adjacent to an activating group) is 1. The van der Waals surface area contributed by atoms with Crippen LogP contribution in [0.1, 0.15) is 55.8 Å². The summed E-state index contributed by atoms with van der Waals surface area (Å²) in [6.07, 6.45) is 8.00. The van der Waals surface area contributed by atoms with Crippen molar-refractivity contribution in [1.82, 2.24) is 9.97 Å². The van der Waals surface area contributed by atoms with Gasteiger partial charge >= 0.3 is 5.97 Å². The minimum atomic E-state index is -1.03. The number of aromatic nitrogens is 2. The number of methoxy groups -OCH3 is 1. The third-order valence-corrected chi connectivity index (χ3v) is 6.36. The lowest BCUT2D eigenvalue weighted by molar-refractivity contribution is -0.120. The fraction of sp³-hybridized carbons (Fsp3) is 0.478. The van der Waals surface area contributed by atoms with Crippen molar-refractivity contribution >= 4 is 35.0 Å². The Hall–Kier alpha value is -3.36. The van der Waals surface area contributed by atoms with E-state index in [1.807, 2.05) is 6.92 Å². The summed E-state index contributed by atoms with van der Waals surface area (Å²) in [6, 6.07) is 4.62. The summed E-state index contributed by atoms with van der Waals surface area (Å²) in [6.45, 7) is 2.03. The number of carbonyl (C=O) groups is 2. The molecule has 2 aliphatic rings. The highest BCUT2D eigenvalue weighted by molar-refractivity contribution is 6.04. The number of hydrogen-bond donors (Lipinski definition) is 2. The predicted octanol–water partition coefficient (Wildman–Crippen LogP) is 3.82. The zero-order chi connectivity index (χ0) is 22.8. The Kier molecular flexibility index (Phi) is 6.16. The van der Waals surface area contributed by atoms with Gasteiger partial charge in [-0.1, -0.05) is 26.2 Å². The van der Waals surface area contributed by atoms with Gasteiger partial charge in [-0.2, -0.15) is 4.98 Å². The van der Waals surface area contributed by atoms with Crippen molar-refractivity contribution in [2.45, 2.75) is 57.5 Å². The van der Waals surface area contributed by atoms with Crippen LogP contribution in [0.25, 0.3) is 0 Å². The molecule has 1 amide bonds. The van der Waals surface area contributed by atoms with Gasteiger partial charge in [0.25, 0.3) is 0 Å². The van der Waals surface area contributed by atoms with E-state index in [9.17, 15) is 14.7 Å². The van der Waals surface area contributed by atoms with E-state index in [4.69, 9.17) is 9.72 Å². The quantitative estimate of drug-likeness (QED) is 0.699. The first-order valence-corrected chi connectivity index (χ1v) is 11.1. The molecule has 0 radical (unpaired) electrons. The number of benzene rings is 1. The Labute approximate surface area is 187 Å². The Balaban J connectivity index is 1.72. The molecule has 0 saturated heterocycles. The fourth-order valence-corrected chi connectivity index (χ4v) is 4.67. The molecule has 2 heterocycles. The molecular formula is C23H29N5O4. The maximum Gasteiger partial charge on any atom is 0.335 e.